The molecule has 0 unspecified atom stereocenters. The summed E-state index contributed by atoms with van der Waals surface area (Å²) in [5.41, 5.74) is 2.95. The number of rotatable bonds is 10. The van der Waals surface area contributed by atoms with E-state index in [1.54, 1.807) is 6.07 Å². The monoisotopic (exact) mass is 447 g/mol. The molecule has 0 saturated carbocycles. The van der Waals surface area contributed by atoms with Gasteiger partial charge in [0.2, 0.25) is 10.0 Å². The van der Waals surface area contributed by atoms with Gasteiger partial charge in [0.25, 0.3) is 0 Å². The number of hydrogen-bond acceptors (Lipinski definition) is 6. The number of aryl methyl sites for hydroxylation is 1. The summed E-state index contributed by atoms with van der Waals surface area (Å²) >= 11 is 0. The van der Waals surface area contributed by atoms with E-state index in [-0.39, 0.29) is 23.9 Å². The SMILES string of the molecule is CNS(=O)(=O)c1cc(/C=C/C(=O)OCCOc2ccc(C(C)C)c(C)c2)ccc1OC. The van der Waals surface area contributed by atoms with Gasteiger partial charge >= 0.3 is 5.97 Å². The van der Waals surface area contributed by atoms with Crippen LogP contribution >= 0.6 is 0 Å². The first-order chi connectivity index (χ1) is 14.7. The molecule has 0 aromatic heterocycles. The molecule has 2 rings (SSSR count). The van der Waals surface area contributed by atoms with Gasteiger partial charge in [-0.2, -0.15) is 0 Å². The highest BCUT2D eigenvalue weighted by atomic mass is 32.2. The average molecular weight is 448 g/mol. The van der Waals surface area contributed by atoms with Crippen molar-refractivity contribution in [2.75, 3.05) is 27.4 Å². The molecule has 0 fully saturated rings. The van der Waals surface area contributed by atoms with Gasteiger partial charge < -0.3 is 14.2 Å². The maximum Gasteiger partial charge on any atom is 0.330 e. The van der Waals surface area contributed by atoms with Crippen molar-refractivity contribution < 1.29 is 27.4 Å². The zero-order valence-electron chi connectivity index (χ0n) is 18.5. The third-order valence-corrected chi connectivity index (χ3v) is 6.05. The van der Waals surface area contributed by atoms with Crippen LogP contribution in [0.3, 0.4) is 0 Å². The molecular formula is C23H29NO6S. The zero-order valence-corrected chi connectivity index (χ0v) is 19.3. The van der Waals surface area contributed by atoms with Crippen LogP contribution in [0.5, 0.6) is 11.5 Å². The predicted molar refractivity (Wildman–Crippen MR) is 120 cm³/mol. The second kappa shape index (κ2) is 11.0. The molecule has 2 aromatic carbocycles. The summed E-state index contributed by atoms with van der Waals surface area (Å²) < 4.78 is 42.3. The van der Waals surface area contributed by atoms with Gasteiger partial charge in [-0.3, -0.25) is 0 Å². The Kier molecular flexibility index (Phi) is 8.65. The fraction of sp³-hybridized carbons (Fsp3) is 0.348. The van der Waals surface area contributed by atoms with Crippen molar-refractivity contribution in [3.63, 3.8) is 0 Å². The van der Waals surface area contributed by atoms with Crippen molar-refractivity contribution in [3.8, 4) is 11.5 Å². The van der Waals surface area contributed by atoms with Gasteiger partial charge in [-0.05, 0) is 66.9 Å². The van der Waals surface area contributed by atoms with E-state index in [1.807, 2.05) is 25.1 Å². The first-order valence-electron chi connectivity index (χ1n) is 9.87. The molecule has 2 aromatic rings. The number of carbonyl (C=O) groups excluding carboxylic acids is 1. The van der Waals surface area contributed by atoms with Crippen LogP contribution in [-0.2, 0) is 19.6 Å². The molecule has 0 saturated heterocycles. The van der Waals surface area contributed by atoms with Crippen molar-refractivity contribution in [2.45, 2.75) is 31.6 Å². The minimum Gasteiger partial charge on any atom is -0.495 e. The van der Waals surface area contributed by atoms with Crippen LogP contribution in [0.15, 0.2) is 47.4 Å². The molecule has 0 aliphatic rings. The summed E-state index contributed by atoms with van der Waals surface area (Å²) in [6.07, 6.45) is 2.71. The lowest BCUT2D eigenvalue weighted by atomic mass is 9.98. The molecule has 0 aliphatic carbocycles. The standard InChI is InChI=1S/C23H29NO6S/c1-16(2)20-9-8-19(14-17(20)3)29-12-13-30-23(25)11-7-18-6-10-21(28-5)22(15-18)31(26,27)24-4/h6-11,14-16,24H,12-13H2,1-5H3/b11-7+. The summed E-state index contributed by atoms with van der Waals surface area (Å²) in [7, 11) is -0.994. The molecule has 0 spiro atoms. The minimum atomic E-state index is -3.70. The molecule has 0 bridgehead atoms. The van der Waals surface area contributed by atoms with Crippen molar-refractivity contribution >= 4 is 22.1 Å². The van der Waals surface area contributed by atoms with E-state index in [1.165, 1.54) is 44.0 Å². The Hall–Kier alpha value is -2.84. The molecule has 8 heteroatoms. The van der Waals surface area contributed by atoms with E-state index < -0.39 is 16.0 Å². The Morgan fingerprint density at radius 3 is 2.48 bits per heavy atom. The summed E-state index contributed by atoms with van der Waals surface area (Å²) in [6.45, 7) is 6.65. The maximum atomic E-state index is 12.1. The highest BCUT2D eigenvalue weighted by Gasteiger charge is 2.17. The molecule has 31 heavy (non-hydrogen) atoms. The summed E-state index contributed by atoms with van der Waals surface area (Å²) in [5, 5.41) is 0. The fourth-order valence-electron chi connectivity index (χ4n) is 3.02. The molecule has 0 amide bonds. The van der Waals surface area contributed by atoms with Crippen molar-refractivity contribution in [1.29, 1.82) is 0 Å². The Bertz CT molecular complexity index is 1040. The third-order valence-electron chi connectivity index (χ3n) is 4.62. The lowest BCUT2D eigenvalue weighted by Crippen LogP contribution is -2.19. The van der Waals surface area contributed by atoms with E-state index in [0.717, 1.165) is 11.3 Å². The first-order valence-corrected chi connectivity index (χ1v) is 11.4. The van der Waals surface area contributed by atoms with Crippen LogP contribution in [0, 0.1) is 6.92 Å². The minimum absolute atomic E-state index is 0.0137. The molecule has 168 valence electrons. The average Bonchev–Trinajstić information content (AvgIpc) is 2.74. The molecule has 0 radical (unpaired) electrons. The van der Waals surface area contributed by atoms with Crippen LogP contribution in [-0.4, -0.2) is 41.8 Å². The second-order valence-corrected chi connectivity index (χ2v) is 9.00. The number of hydrogen-bond donors (Lipinski definition) is 1. The fourth-order valence-corrected chi connectivity index (χ4v) is 3.94. The van der Waals surface area contributed by atoms with Crippen molar-refractivity contribution in [2.24, 2.45) is 0 Å². The molecule has 1 N–H and O–H groups in total. The van der Waals surface area contributed by atoms with E-state index in [4.69, 9.17) is 14.2 Å². The van der Waals surface area contributed by atoms with Crippen molar-refractivity contribution in [1.82, 2.24) is 4.72 Å². The Morgan fingerprint density at radius 1 is 1.13 bits per heavy atom. The Balaban J connectivity index is 1.90. The highest BCUT2D eigenvalue weighted by molar-refractivity contribution is 7.89. The number of carbonyl (C=O) groups is 1. The zero-order chi connectivity index (χ0) is 23.0. The van der Waals surface area contributed by atoms with Gasteiger partial charge in [-0.1, -0.05) is 26.0 Å². The van der Waals surface area contributed by atoms with Gasteiger partial charge in [0, 0.05) is 6.08 Å². The lowest BCUT2D eigenvalue weighted by Gasteiger charge is -2.12. The third kappa shape index (κ3) is 6.83. The first kappa shape index (κ1) is 24.4. The van der Waals surface area contributed by atoms with Crippen molar-refractivity contribution in [3.05, 3.63) is 59.2 Å². The molecular weight excluding hydrogens is 418 g/mol. The number of ether oxygens (including phenoxy) is 3. The molecule has 0 atom stereocenters. The highest BCUT2D eigenvalue weighted by Crippen LogP contribution is 2.25. The van der Waals surface area contributed by atoms with Crippen LogP contribution < -0.4 is 14.2 Å². The van der Waals surface area contributed by atoms with Gasteiger partial charge in [0.15, 0.2) is 0 Å². The lowest BCUT2D eigenvalue weighted by molar-refractivity contribution is -0.138. The van der Waals surface area contributed by atoms with E-state index >= 15 is 0 Å². The molecule has 7 nitrogen and oxygen atoms in total. The van der Waals surface area contributed by atoms with Crippen LogP contribution in [0.2, 0.25) is 0 Å². The summed E-state index contributed by atoms with van der Waals surface area (Å²) in [6, 6.07) is 10.5. The van der Waals surface area contributed by atoms with Gasteiger partial charge in [0.1, 0.15) is 29.6 Å². The topological polar surface area (TPSA) is 90.9 Å². The normalized spacial score (nSPS) is 11.7. The Labute approximate surface area is 184 Å². The maximum absolute atomic E-state index is 12.1. The second-order valence-electron chi connectivity index (χ2n) is 7.14. The number of sulfonamides is 1. The van der Waals surface area contributed by atoms with Crippen LogP contribution in [0.25, 0.3) is 6.08 Å². The quantitative estimate of drug-likeness (QED) is 0.339. The van der Waals surface area contributed by atoms with E-state index in [9.17, 15) is 13.2 Å². The smallest absolute Gasteiger partial charge is 0.330 e. The predicted octanol–water partition coefficient (Wildman–Crippen LogP) is 3.67. The molecule has 0 heterocycles. The van der Waals surface area contributed by atoms with Crippen LogP contribution in [0.4, 0.5) is 0 Å². The number of nitrogens with one attached hydrogen (secondary N) is 1. The van der Waals surface area contributed by atoms with E-state index in [0.29, 0.717) is 11.5 Å². The molecule has 0 aliphatic heterocycles. The Morgan fingerprint density at radius 2 is 1.87 bits per heavy atom. The van der Waals surface area contributed by atoms with Gasteiger partial charge in [-0.25, -0.2) is 17.9 Å². The summed E-state index contributed by atoms with van der Waals surface area (Å²) in [5.74, 6) is 0.832. The van der Waals surface area contributed by atoms with Gasteiger partial charge in [0.05, 0.1) is 7.11 Å². The number of esters is 1. The largest absolute Gasteiger partial charge is 0.495 e. The summed E-state index contributed by atoms with van der Waals surface area (Å²) in [4.78, 5) is 11.9. The number of benzene rings is 2. The van der Waals surface area contributed by atoms with E-state index in [2.05, 4.69) is 18.6 Å². The number of methoxy groups -OCH3 is 1. The van der Waals surface area contributed by atoms with Gasteiger partial charge in [-0.15, -0.1) is 0 Å². The van der Waals surface area contributed by atoms with Crippen LogP contribution in [0.1, 0.15) is 36.5 Å².